The van der Waals surface area contributed by atoms with Gasteiger partial charge in [-0.1, -0.05) is 0 Å². The quantitative estimate of drug-likeness (QED) is 0.898. The topological polar surface area (TPSA) is 69.5 Å². The molecule has 4 nitrogen and oxygen atoms in total. The van der Waals surface area contributed by atoms with Crippen molar-refractivity contribution >= 4 is 11.3 Å². The van der Waals surface area contributed by atoms with E-state index in [1.165, 1.54) is 11.3 Å². The second kappa shape index (κ2) is 4.07. The van der Waals surface area contributed by atoms with Crippen LogP contribution < -0.4 is 5.56 Å². The Labute approximate surface area is 108 Å². The monoisotopic (exact) mass is 257 g/mol. The molecule has 0 unspecified atom stereocenters. The number of nitriles is 1. The summed E-state index contributed by atoms with van der Waals surface area (Å²) >= 11 is 1.37. The lowest BCUT2D eigenvalue weighted by Crippen LogP contribution is -2.15. The third kappa shape index (κ3) is 1.85. The lowest BCUT2D eigenvalue weighted by atomic mass is 10.2. The van der Waals surface area contributed by atoms with Gasteiger partial charge in [0.25, 0.3) is 5.56 Å². The Morgan fingerprint density at radius 1 is 1.50 bits per heavy atom. The van der Waals surface area contributed by atoms with Crippen molar-refractivity contribution in [1.82, 2.24) is 9.97 Å². The van der Waals surface area contributed by atoms with Crippen LogP contribution >= 0.6 is 11.3 Å². The van der Waals surface area contributed by atoms with E-state index in [0.29, 0.717) is 22.1 Å². The van der Waals surface area contributed by atoms with Gasteiger partial charge in [0, 0.05) is 11.5 Å². The minimum Gasteiger partial charge on any atom is -0.310 e. The molecule has 1 aliphatic rings. The van der Waals surface area contributed by atoms with Crippen molar-refractivity contribution in [3.63, 3.8) is 0 Å². The maximum absolute atomic E-state index is 11.9. The molecule has 5 heteroatoms. The van der Waals surface area contributed by atoms with Gasteiger partial charge in [-0.05, 0) is 31.9 Å². The number of aromatic amines is 1. The lowest BCUT2D eigenvalue weighted by Gasteiger charge is -2.04. The Kier molecular flexibility index (Phi) is 2.53. The largest absolute Gasteiger partial charge is 0.310 e. The summed E-state index contributed by atoms with van der Waals surface area (Å²) in [4.78, 5) is 20.8. The maximum atomic E-state index is 11.9. The first-order chi connectivity index (χ1) is 8.69. The normalized spacial score (nSPS) is 14.4. The molecule has 18 heavy (non-hydrogen) atoms. The highest BCUT2D eigenvalue weighted by Crippen LogP contribution is 2.38. The van der Waals surface area contributed by atoms with Crippen molar-refractivity contribution < 1.29 is 0 Å². The third-order valence-electron chi connectivity index (χ3n) is 3.08. The molecule has 0 radical (unpaired) electrons. The Hall–Kier alpha value is -1.93. The summed E-state index contributed by atoms with van der Waals surface area (Å²) in [7, 11) is 0. The minimum absolute atomic E-state index is 0.0752. The SMILES string of the molecule is Cc1c(-c2ccc(C#N)s2)nc(C2CC2)[nH]c1=O. The molecule has 0 spiro atoms. The summed E-state index contributed by atoms with van der Waals surface area (Å²) < 4.78 is 0. The summed E-state index contributed by atoms with van der Waals surface area (Å²) in [6.07, 6.45) is 2.19. The van der Waals surface area contributed by atoms with E-state index < -0.39 is 0 Å². The lowest BCUT2D eigenvalue weighted by molar-refractivity contribution is 0.902. The van der Waals surface area contributed by atoms with E-state index in [1.807, 2.05) is 6.07 Å². The highest BCUT2D eigenvalue weighted by molar-refractivity contribution is 7.16. The summed E-state index contributed by atoms with van der Waals surface area (Å²) in [5, 5.41) is 8.85. The predicted octanol–water partition coefficient (Wildman–Crippen LogP) is 2.56. The van der Waals surface area contributed by atoms with Crippen LogP contribution in [-0.4, -0.2) is 9.97 Å². The smallest absolute Gasteiger partial charge is 0.254 e. The zero-order valence-electron chi connectivity index (χ0n) is 9.86. The number of nitrogens with zero attached hydrogens (tertiary/aromatic N) is 2. The first-order valence-corrected chi connectivity index (χ1v) is 6.62. The number of aromatic nitrogens is 2. The predicted molar refractivity (Wildman–Crippen MR) is 69.6 cm³/mol. The molecule has 0 aromatic carbocycles. The van der Waals surface area contributed by atoms with E-state index in [9.17, 15) is 4.79 Å². The number of hydrogen-bond acceptors (Lipinski definition) is 4. The maximum Gasteiger partial charge on any atom is 0.254 e. The van der Waals surface area contributed by atoms with Gasteiger partial charge in [-0.25, -0.2) is 4.98 Å². The van der Waals surface area contributed by atoms with E-state index in [4.69, 9.17) is 5.26 Å². The molecular weight excluding hydrogens is 246 g/mol. The molecule has 0 bridgehead atoms. The molecule has 0 aliphatic heterocycles. The van der Waals surface area contributed by atoms with Crippen molar-refractivity contribution in [3.05, 3.63) is 38.8 Å². The minimum atomic E-state index is -0.0752. The van der Waals surface area contributed by atoms with Gasteiger partial charge in [-0.3, -0.25) is 4.79 Å². The second-order valence-corrected chi connectivity index (χ2v) is 5.56. The van der Waals surface area contributed by atoms with Crippen molar-refractivity contribution in [2.24, 2.45) is 0 Å². The van der Waals surface area contributed by atoms with Gasteiger partial charge in [0.05, 0.1) is 10.6 Å². The van der Waals surface area contributed by atoms with Crippen molar-refractivity contribution in [3.8, 4) is 16.6 Å². The molecule has 1 N–H and O–H groups in total. The van der Waals surface area contributed by atoms with Gasteiger partial charge in [0.2, 0.25) is 0 Å². The standard InChI is InChI=1S/C13H11N3OS/c1-7-11(10-5-4-9(6-14)18-10)15-12(8-2-3-8)16-13(7)17/h4-5,8H,2-3H2,1H3,(H,15,16,17). The fraction of sp³-hybridized carbons (Fsp3) is 0.308. The van der Waals surface area contributed by atoms with E-state index in [1.54, 1.807) is 13.0 Å². The molecule has 0 atom stereocenters. The van der Waals surface area contributed by atoms with Crippen LogP contribution in [0.25, 0.3) is 10.6 Å². The first kappa shape index (κ1) is 11.2. The van der Waals surface area contributed by atoms with E-state index in [-0.39, 0.29) is 5.56 Å². The Balaban J connectivity index is 2.15. The van der Waals surface area contributed by atoms with Gasteiger partial charge >= 0.3 is 0 Å². The average Bonchev–Trinajstić information content (AvgIpc) is 3.11. The third-order valence-corrected chi connectivity index (χ3v) is 4.08. The zero-order chi connectivity index (χ0) is 12.7. The molecule has 2 aromatic rings. The van der Waals surface area contributed by atoms with Gasteiger partial charge < -0.3 is 4.98 Å². The number of rotatable bonds is 2. The van der Waals surface area contributed by atoms with Crippen LogP contribution in [0.4, 0.5) is 0 Å². The molecule has 0 saturated heterocycles. The van der Waals surface area contributed by atoms with Crippen LogP contribution in [0.2, 0.25) is 0 Å². The molecule has 1 saturated carbocycles. The molecule has 2 aromatic heterocycles. The Morgan fingerprint density at radius 3 is 2.89 bits per heavy atom. The van der Waals surface area contributed by atoms with Crippen LogP contribution in [0.1, 0.15) is 35.0 Å². The fourth-order valence-corrected chi connectivity index (χ4v) is 2.72. The van der Waals surface area contributed by atoms with Crippen LogP contribution in [0.3, 0.4) is 0 Å². The van der Waals surface area contributed by atoms with Crippen LogP contribution in [-0.2, 0) is 0 Å². The summed E-state index contributed by atoms with van der Waals surface area (Å²) in [6.45, 7) is 1.77. The Morgan fingerprint density at radius 2 is 2.28 bits per heavy atom. The average molecular weight is 257 g/mol. The Bertz CT molecular complexity index is 704. The second-order valence-electron chi connectivity index (χ2n) is 4.47. The molecular formula is C13H11N3OS. The number of hydrogen-bond donors (Lipinski definition) is 1. The van der Waals surface area contributed by atoms with Gasteiger partial charge in [0.15, 0.2) is 0 Å². The number of thiophene rings is 1. The molecule has 2 heterocycles. The molecule has 0 amide bonds. The zero-order valence-corrected chi connectivity index (χ0v) is 10.7. The van der Waals surface area contributed by atoms with Gasteiger partial charge in [0.1, 0.15) is 16.8 Å². The fourth-order valence-electron chi connectivity index (χ4n) is 1.87. The van der Waals surface area contributed by atoms with Crippen LogP contribution in [0.15, 0.2) is 16.9 Å². The van der Waals surface area contributed by atoms with Crippen molar-refractivity contribution in [1.29, 1.82) is 5.26 Å². The number of nitrogens with one attached hydrogen (secondary N) is 1. The van der Waals surface area contributed by atoms with Gasteiger partial charge in [-0.15, -0.1) is 11.3 Å². The summed E-state index contributed by atoms with van der Waals surface area (Å²) in [5.41, 5.74) is 1.26. The van der Waals surface area contributed by atoms with E-state index >= 15 is 0 Å². The van der Waals surface area contributed by atoms with Crippen LogP contribution in [0, 0.1) is 18.3 Å². The van der Waals surface area contributed by atoms with E-state index in [2.05, 4.69) is 16.0 Å². The van der Waals surface area contributed by atoms with Crippen molar-refractivity contribution in [2.75, 3.05) is 0 Å². The molecule has 1 aliphatic carbocycles. The number of H-pyrrole nitrogens is 1. The van der Waals surface area contributed by atoms with Gasteiger partial charge in [-0.2, -0.15) is 5.26 Å². The van der Waals surface area contributed by atoms with Crippen molar-refractivity contribution in [2.45, 2.75) is 25.7 Å². The summed E-state index contributed by atoms with van der Waals surface area (Å²) in [6, 6.07) is 5.72. The summed E-state index contributed by atoms with van der Waals surface area (Å²) in [5.74, 6) is 1.19. The van der Waals surface area contributed by atoms with E-state index in [0.717, 1.165) is 23.5 Å². The molecule has 3 rings (SSSR count). The molecule has 90 valence electrons. The van der Waals surface area contributed by atoms with Crippen LogP contribution in [0.5, 0.6) is 0 Å². The first-order valence-electron chi connectivity index (χ1n) is 5.80. The highest BCUT2D eigenvalue weighted by atomic mass is 32.1. The highest BCUT2D eigenvalue weighted by Gasteiger charge is 2.27. The molecule has 1 fully saturated rings.